The molecule has 0 bridgehead atoms. The number of para-hydroxylation sites is 2. The van der Waals surface area contributed by atoms with Crippen molar-refractivity contribution in [2.24, 2.45) is 0 Å². The second-order valence-electron chi connectivity index (χ2n) is 6.22. The zero-order valence-electron chi connectivity index (χ0n) is 15.5. The van der Waals surface area contributed by atoms with E-state index in [4.69, 9.17) is 0 Å². The van der Waals surface area contributed by atoms with Crippen LogP contribution in [0.5, 0.6) is 0 Å². The molecule has 0 saturated carbocycles. The number of nitrogens with zero attached hydrogens (tertiary/aromatic N) is 2. The number of amides is 2. The van der Waals surface area contributed by atoms with Crippen LogP contribution in [0.15, 0.2) is 48.5 Å². The first-order chi connectivity index (χ1) is 13.5. The third-order valence-electron chi connectivity index (χ3n) is 4.25. The number of fused-ring (bicyclic) bond motifs is 1. The SMILES string of the molecule is C[C@@H](c1nc2ccccc2s1)N(C)C(=O)CSCC(=O)Nc1ccccc1F. The van der Waals surface area contributed by atoms with E-state index in [-0.39, 0.29) is 35.0 Å². The largest absolute Gasteiger partial charge is 0.336 e. The van der Waals surface area contributed by atoms with E-state index in [9.17, 15) is 14.0 Å². The molecule has 1 aromatic heterocycles. The lowest BCUT2D eigenvalue weighted by atomic mass is 10.3. The van der Waals surface area contributed by atoms with Crippen LogP contribution in [0.4, 0.5) is 10.1 Å². The lowest BCUT2D eigenvalue weighted by Crippen LogP contribution is -2.31. The zero-order valence-corrected chi connectivity index (χ0v) is 17.1. The molecule has 0 fully saturated rings. The third-order valence-corrected chi connectivity index (χ3v) is 6.37. The highest BCUT2D eigenvalue weighted by molar-refractivity contribution is 8.00. The summed E-state index contributed by atoms with van der Waals surface area (Å²) in [6.07, 6.45) is 0. The van der Waals surface area contributed by atoms with Crippen molar-refractivity contribution in [1.29, 1.82) is 0 Å². The van der Waals surface area contributed by atoms with Crippen molar-refractivity contribution in [3.63, 3.8) is 0 Å². The van der Waals surface area contributed by atoms with Crippen molar-refractivity contribution in [2.75, 3.05) is 23.9 Å². The van der Waals surface area contributed by atoms with Gasteiger partial charge in [0.1, 0.15) is 10.8 Å². The summed E-state index contributed by atoms with van der Waals surface area (Å²) < 4.78 is 14.6. The molecule has 3 rings (SSSR count). The number of carbonyl (C=O) groups excluding carboxylic acids is 2. The first-order valence-electron chi connectivity index (χ1n) is 8.69. The molecule has 2 amide bonds. The molecule has 0 aliphatic heterocycles. The van der Waals surface area contributed by atoms with Crippen LogP contribution in [0.3, 0.4) is 0 Å². The molecule has 0 aliphatic carbocycles. The van der Waals surface area contributed by atoms with Crippen LogP contribution in [-0.2, 0) is 9.59 Å². The van der Waals surface area contributed by atoms with Gasteiger partial charge in [-0.15, -0.1) is 23.1 Å². The van der Waals surface area contributed by atoms with Crippen LogP contribution in [0, 0.1) is 5.82 Å². The van der Waals surface area contributed by atoms with Crippen molar-refractivity contribution in [2.45, 2.75) is 13.0 Å². The van der Waals surface area contributed by atoms with E-state index in [1.165, 1.54) is 23.9 Å². The highest BCUT2D eigenvalue weighted by atomic mass is 32.2. The van der Waals surface area contributed by atoms with Gasteiger partial charge in [0.2, 0.25) is 11.8 Å². The number of rotatable bonds is 7. The van der Waals surface area contributed by atoms with Gasteiger partial charge < -0.3 is 10.2 Å². The molecule has 0 aliphatic rings. The Kier molecular flexibility index (Phi) is 6.64. The Hall–Kier alpha value is -2.45. The molecule has 3 aromatic rings. The first-order valence-corrected chi connectivity index (χ1v) is 10.7. The molecular weight excluding hydrogens is 397 g/mol. The molecular formula is C20H20FN3O2S2. The van der Waals surface area contributed by atoms with Crippen LogP contribution >= 0.6 is 23.1 Å². The fourth-order valence-corrected chi connectivity index (χ4v) is 4.33. The molecule has 146 valence electrons. The van der Waals surface area contributed by atoms with E-state index >= 15 is 0 Å². The lowest BCUT2D eigenvalue weighted by Gasteiger charge is -2.23. The number of thiazole rings is 1. The van der Waals surface area contributed by atoms with E-state index in [2.05, 4.69) is 10.3 Å². The molecule has 0 radical (unpaired) electrons. The van der Waals surface area contributed by atoms with E-state index in [0.29, 0.717) is 0 Å². The number of hydrogen-bond acceptors (Lipinski definition) is 5. The van der Waals surface area contributed by atoms with E-state index in [0.717, 1.165) is 15.2 Å². The van der Waals surface area contributed by atoms with Gasteiger partial charge in [0.15, 0.2) is 0 Å². The Morgan fingerprint density at radius 2 is 1.89 bits per heavy atom. The second-order valence-corrected chi connectivity index (χ2v) is 8.27. The summed E-state index contributed by atoms with van der Waals surface area (Å²) in [4.78, 5) is 30.6. The zero-order chi connectivity index (χ0) is 20.1. The number of aromatic nitrogens is 1. The van der Waals surface area contributed by atoms with Crippen LogP contribution in [0.25, 0.3) is 10.2 Å². The monoisotopic (exact) mass is 417 g/mol. The number of nitrogens with one attached hydrogen (secondary N) is 1. The minimum atomic E-state index is -0.485. The lowest BCUT2D eigenvalue weighted by molar-refractivity contribution is -0.128. The molecule has 5 nitrogen and oxygen atoms in total. The number of thioether (sulfide) groups is 1. The Morgan fingerprint density at radius 1 is 1.18 bits per heavy atom. The van der Waals surface area contributed by atoms with Gasteiger partial charge in [-0.1, -0.05) is 24.3 Å². The summed E-state index contributed by atoms with van der Waals surface area (Å²) in [6.45, 7) is 1.94. The van der Waals surface area contributed by atoms with Crippen LogP contribution in [-0.4, -0.2) is 40.3 Å². The standard InChI is InChI=1S/C20H20FN3O2S2/c1-13(20-23-16-9-5-6-10-17(16)28-20)24(2)19(26)12-27-11-18(25)22-15-8-4-3-7-14(15)21/h3-10,13H,11-12H2,1-2H3,(H,22,25)/t13-/m0/s1. The fourth-order valence-electron chi connectivity index (χ4n) is 2.53. The quantitative estimate of drug-likeness (QED) is 0.622. The maximum atomic E-state index is 13.5. The maximum absolute atomic E-state index is 13.5. The van der Waals surface area contributed by atoms with Gasteiger partial charge in [0.05, 0.1) is 33.5 Å². The number of benzene rings is 2. The van der Waals surface area contributed by atoms with E-state index in [1.54, 1.807) is 35.4 Å². The van der Waals surface area contributed by atoms with Gasteiger partial charge in [-0.25, -0.2) is 9.37 Å². The van der Waals surface area contributed by atoms with E-state index < -0.39 is 5.82 Å². The van der Waals surface area contributed by atoms with Crippen molar-refractivity contribution in [3.8, 4) is 0 Å². The highest BCUT2D eigenvalue weighted by Gasteiger charge is 2.21. The van der Waals surface area contributed by atoms with Crippen LogP contribution in [0.2, 0.25) is 0 Å². The summed E-state index contributed by atoms with van der Waals surface area (Å²) in [5, 5.41) is 3.38. The minimum absolute atomic E-state index is 0.0729. The molecule has 0 spiro atoms. The number of anilines is 1. The first kappa shape index (κ1) is 20.3. The van der Waals surface area contributed by atoms with Crippen LogP contribution in [0.1, 0.15) is 18.0 Å². The topological polar surface area (TPSA) is 62.3 Å². The van der Waals surface area contributed by atoms with Gasteiger partial charge in [-0.3, -0.25) is 9.59 Å². The average molecular weight is 418 g/mol. The minimum Gasteiger partial charge on any atom is -0.336 e. The van der Waals surface area contributed by atoms with Gasteiger partial charge in [0, 0.05) is 7.05 Å². The van der Waals surface area contributed by atoms with Crippen molar-refractivity contribution in [3.05, 3.63) is 59.4 Å². The Balaban J connectivity index is 1.49. The number of carbonyl (C=O) groups is 2. The van der Waals surface area contributed by atoms with Gasteiger partial charge in [-0.05, 0) is 31.2 Å². The Labute approximate surface area is 171 Å². The summed E-state index contributed by atoms with van der Waals surface area (Å²) in [5.74, 6) is -0.679. The normalized spacial score (nSPS) is 12.0. The second kappa shape index (κ2) is 9.16. The molecule has 2 aromatic carbocycles. The molecule has 1 atom stereocenters. The summed E-state index contributed by atoms with van der Waals surface area (Å²) in [5.41, 5.74) is 1.07. The molecule has 0 unspecified atom stereocenters. The van der Waals surface area contributed by atoms with Gasteiger partial charge in [0.25, 0.3) is 0 Å². The predicted molar refractivity (Wildman–Crippen MR) is 113 cm³/mol. The maximum Gasteiger partial charge on any atom is 0.234 e. The molecule has 0 saturated heterocycles. The Bertz CT molecular complexity index is 959. The molecule has 1 N–H and O–H groups in total. The third kappa shape index (κ3) is 4.88. The molecule has 8 heteroatoms. The average Bonchev–Trinajstić information content (AvgIpc) is 3.12. The van der Waals surface area contributed by atoms with Gasteiger partial charge >= 0.3 is 0 Å². The van der Waals surface area contributed by atoms with Crippen LogP contribution < -0.4 is 5.32 Å². The smallest absolute Gasteiger partial charge is 0.234 e. The summed E-state index contributed by atoms with van der Waals surface area (Å²) in [7, 11) is 1.74. The number of halogens is 1. The molecule has 28 heavy (non-hydrogen) atoms. The predicted octanol–water partition coefficient (Wildman–Crippen LogP) is 4.33. The van der Waals surface area contributed by atoms with E-state index in [1.807, 2.05) is 31.2 Å². The highest BCUT2D eigenvalue weighted by Crippen LogP contribution is 2.29. The number of hydrogen-bond donors (Lipinski definition) is 1. The van der Waals surface area contributed by atoms with Crippen molar-refractivity contribution in [1.82, 2.24) is 9.88 Å². The summed E-state index contributed by atoms with van der Waals surface area (Å²) in [6, 6.07) is 13.7. The fraction of sp³-hybridized carbons (Fsp3) is 0.250. The van der Waals surface area contributed by atoms with Gasteiger partial charge in [-0.2, -0.15) is 0 Å². The van der Waals surface area contributed by atoms with Crippen molar-refractivity contribution >= 4 is 50.8 Å². The van der Waals surface area contributed by atoms with Crippen molar-refractivity contribution < 1.29 is 14.0 Å². The Morgan fingerprint density at radius 3 is 2.64 bits per heavy atom. The molecule has 1 heterocycles. The summed E-state index contributed by atoms with van der Waals surface area (Å²) >= 11 is 2.77.